The molecule has 1 aliphatic carbocycles. The zero-order valence-corrected chi connectivity index (χ0v) is 11.3. The third-order valence-electron chi connectivity index (χ3n) is 2.80. The van der Waals surface area contributed by atoms with Crippen LogP contribution in [0.3, 0.4) is 0 Å². The van der Waals surface area contributed by atoms with Crippen LogP contribution < -0.4 is 10.6 Å². The molecule has 1 saturated carbocycles. The third kappa shape index (κ3) is 3.47. The number of hydrogen-bond acceptors (Lipinski definition) is 3. The number of ether oxygens (including phenoxy) is 1. The summed E-state index contributed by atoms with van der Waals surface area (Å²) in [7, 11) is 1.54. The summed E-state index contributed by atoms with van der Waals surface area (Å²) >= 11 is 11.7. The summed E-state index contributed by atoms with van der Waals surface area (Å²) in [6.45, 7) is 2.44. The molecule has 5 nitrogen and oxygen atoms in total. The van der Waals surface area contributed by atoms with Crippen LogP contribution in [0.5, 0.6) is 0 Å². The SMILES string of the molecule is COCCNC(=O)CNC(=O)C1(C)CC1(Cl)Cl. The van der Waals surface area contributed by atoms with Crippen molar-refractivity contribution < 1.29 is 14.3 Å². The molecule has 1 atom stereocenters. The first kappa shape index (κ1) is 14.5. The summed E-state index contributed by atoms with van der Waals surface area (Å²) in [6.07, 6.45) is 0.403. The lowest BCUT2D eigenvalue weighted by Gasteiger charge is -2.12. The van der Waals surface area contributed by atoms with Gasteiger partial charge in [-0.2, -0.15) is 0 Å². The van der Waals surface area contributed by atoms with Crippen molar-refractivity contribution >= 4 is 35.0 Å². The van der Waals surface area contributed by atoms with Crippen molar-refractivity contribution in [1.29, 1.82) is 0 Å². The van der Waals surface area contributed by atoms with Crippen molar-refractivity contribution in [3.05, 3.63) is 0 Å². The molecule has 2 amide bonds. The minimum absolute atomic E-state index is 0.0814. The summed E-state index contributed by atoms with van der Waals surface area (Å²) in [4.78, 5) is 23.0. The molecule has 1 unspecified atom stereocenters. The Morgan fingerprint density at radius 3 is 2.41 bits per heavy atom. The van der Waals surface area contributed by atoms with Crippen LogP contribution in [0.4, 0.5) is 0 Å². The highest BCUT2D eigenvalue weighted by Crippen LogP contribution is 2.63. The molecule has 0 bridgehead atoms. The van der Waals surface area contributed by atoms with E-state index < -0.39 is 9.75 Å². The number of carbonyl (C=O) groups is 2. The van der Waals surface area contributed by atoms with Crippen LogP contribution in [0.15, 0.2) is 0 Å². The standard InChI is InChI=1S/C10H16Cl2N2O3/c1-9(6-10(9,11)12)8(16)14-5-7(15)13-3-4-17-2/h3-6H2,1-2H3,(H,13,15)(H,14,16). The molecule has 98 valence electrons. The number of hydrogen-bond donors (Lipinski definition) is 2. The fourth-order valence-electron chi connectivity index (χ4n) is 1.36. The van der Waals surface area contributed by atoms with Gasteiger partial charge < -0.3 is 15.4 Å². The summed E-state index contributed by atoms with van der Waals surface area (Å²) in [6, 6.07) is 0. The Morgan fingerprint density at radius 2 is 1.94 bits per heavy atom. The van der Waals surface area contributed by atoms with Crippen molar-refractivity contribution in [1.82, 2.24) is 10.6 Å². The predicted octanol–water partition coefficient (Wildman–Crippen LogP) is 0.449. The first-order valence-electron chi connectivity index (χ1n) is 5.25. The first-order chi connectivity index (χ1) is 7.83. The van der Waals surface area contributed by atoms with E-state index in [1.165, 1.54) is 0 Å². The molecule has 0 heterocycles. The Balaban J connectivity index is 2.23. The average molecular weight is 283 g/mol. The lowest BCUT2D eigenvalue weighted by Crippen LogP contribution is -2.41. The average Bonchev–Trinajstić information content (AvgIpc) is 2.76. The number of methoxy groups -OCH3 is 1. The molecule has 7 heteroatoms. The highest BCUT2D eigenvalue weighted by molar-refractivity contribution is 6.53. The van der Waals surface area contributed by atoms with Gasteiger partial charge >= 0.3 is 0 Å². The molecule has 0 saturated heterocycles. The number of halogens is 2. The summed E-state index contributed by atoms with van der Waals surface area (Å²) < 4.78 is 3.76. The third-order valence-corrected chi connectivity index (χ3v) is 3.90. The number of nitrogens with one attached hydrogen (secondary N) is 2. The van der Waals surface area contributed by atoms with Gasteiger partial charge in [0.25, 0.3) is 0 Å². The van der Waals surface area contributed by atoms with Crippen LogP contribution >= 0.6 is 23.2 Å². The fraction of sp³-hybridized carbons (Fsp3) is 0.800. The van der Waals surface area contributed by atoms with Gasteiger partial charge in [0.05, 0.1) is 18.6 Å². The Bertz CT molecular complexity index is 323. The van der Waals surface area contributed by atoms with Gasteiger partial charge in [0, 0.05) is 13.7 Å². The van der Waals surface area contributed by atoms with E-state index in [9.17, 15) is 9.59 Å². The lowest BCUT2D eigenvalue weighted by molar-refractivity contribution is -0.129. The molecule has 0 spiro atoms. The maximum absolute atomic E-state index is 11.7. The highest BCUT2D eigenvalue weighted by atomic mass is 35.5. The lowest BCUT2D eigenvalue weighted by atomic mass is 10.1. The zero-order valence-electron chi connectivity index (χ0n) is 9.81. The van der Waals surface area contributed by atoms with Gasteiger partial charge in [-0.05, 0) is 13.3 Å². The van der Waals surface area contributed by atoms with Crippen molar-refractivity contribution in [2.24, 2.45) is 5.41 Å². The van der Waals surface area contributed by atoms with Crippen LogP contribution in [0.2, 0.25) is 0 Å². The van der Waals surface area contributed by atoms with Gasteiger partial charge in [-0.1, -0.05) is 0 Å². The highest BCUT2D eigenvalue weighted by Gasteiger charge is 2.67. The van der Waals surface area contributed by atoms with E-state index in [0.717, 1.165) is 0 Å². The van der Waals surface area contributed by atoms with E-state index in [-0.39, 0.29) is 18.4 Å². The maximum atomic E-state index is 11.7. The van der Waals surface area contributed by atoms with E-state index in [0.29, 0.717) is 19.6 Å². The van der Waals surface area contributed by atoms with E-state index >= 15 is 0 Å². The molecule has 0 aromatic rings. The first-order valence-corrected chi connectivity index (χ1v) is 6.01. The van der Waals surface area contributed by atoms with Crippen molar-refractivity contribution in [2.45, 2.75) is 17.7 Å². The molecule has 1 fully saturated rings. The second kappa shape index (κ2) is 5.42. The summed E-state index contributed by atoms with van der Waals surface area (Å²) in [5, 5.41) is 5.09. The predicted molar refractivity (Wildman–Crippen MR) is 65.1 cm³/mol. The van der Waals surface area contributed by atoms with Gasteiger partial charge in [-0.3, -0.25) is 9.59 Å². The van der Waals surface area contributed by atoms with Crippen LogP contribution in [-0.4, -0.2) is 43.0 Å². The molecule has 0 radical (unpaired) electrons. The summed E-state index contributed by atoms with van der Waals surface area (Å²) in [5.41, 5.74) is -0.789. The van der Waals surface area contributed by atoms with E-state index in [4.69, 9.17) is 27.9 Å². The smallest absolute Gasteiger partial charge is 0.239 e. The van der Waals surface area contributed by atoms with Crippen LogP contribution in [0.1, 0.15) is 13.3 Å². The second-order valence-electron chi connectivity index (χ2n) is 4.24. The number of alkyl halides is 2. The molecule has 1 rings (SSSR count). The normalized spacial score (nSPS) is 25.2. The fourth-order valence-corrected chi connectivity index (χ4v) is 2.06. The molecule has 0 aliphatic heterocycles. The van der Waals surface area contributed by atoms with Gasteiger partial charge in [0.15, 0.2) is 0 Å². The van der Waals surface area contributed by atoms with Gasteiger partial charge in [-0.15, -0.1) is 23.2 Å². The van der Waals surface area contributed by atoms with Crippen molar-refractivity contribution in [3.63, 3.8) is 0 Å². The Labute approximate surface area is 110 Å². The van der Waals surface area contributed by atoms with Crippen molar-refractivity contribution in [3.8, 4) is 0 Å². The number of amides is 2. The Kier molecular flexibility index (Phi) is 4.63. The van der Waals surface area contributed by atoms with Gasteiger partial charge in [0.2, 0.25) is 11.8 Å². The van der Waals surface area contributed by atoms with Crippen LogP contribution in [-0.2, 0) is 14.3 Å². The van der Waals surface area contributed by atoms with Gasteiger partial charge in [0.1, 0.15) is 4.33 Å². The van der Waals surface area contributed by atoms with Crippen LogP contribution in [0.25, 0.3) is 0 Å². The maximum Gasteiger partial charge on any atom is 0.239 e. The van der Waals surface area contributed by atoms with E-state index in [1.807, 2.05) is 0 Å². The quantitative estimate of drug-likeness (QED) is 0.549. The molecular weight excluding hydrogens is 267 g/mol. The monoisotopic (exact) mass is 282 g/mol. The number of carbonyl (C=O) groups excluding carboxylic acids is 2. The summed E-state index contributed by atoms with van der Waals surface area (Å²) in [5.74, 6) is -0.571. The Morgan fingerprint density at radius 1 is 1.35 bits per heavy atom. The van der Waals surface area contributed by atoms with E-state index in [2.05, 4.69) is 10.6 Å². The molecule has 0 aromatic heterocycles. The molecule has 2 N–H and O–H groups in total. The molecular formula is C10H16Cl2N2O3. The largest absolute Gasteiger partial charge is 0.383 e. The second-order valence-corrected chi connectivity index (χ2v) is 5.72. The molecule has 1 aliphatic rings. The van der Waals surface area contributed by atoms with Gasteiger partial charge in [-0.25, -0.2) is 0 Å². The Hall–Kier alpha value is -0.520. The molecule has 17 heavy (non-hydrogen) atoms. The van der Waals surface area contributed by atoms with E-state index in [1.54, 1.807) is 14.0 Å². The topological polar surface area (TPSA) is 67.4 Å². The zero-order chi connectivity index (χ0) is 13.1. The molecule has 0 aromatic carbocycles. The minimum atomic E-state index is -1.01. The van der Waals surface area contributed by atoms with Crippen LogP contribution in [0, 0.1) is 5.41 Å². The number of rotatable bonds is 6. The minimum Gasteiger partial charge on any atom is -0.383 e. The van der Waals surface area contributed by atoms with Crippen molar-refractivity contribution in [2.75, 3.05) is 26.8 Å².